The molecule has 0 bridgehead atoms. The van der Waals surface area contributed by atoms with Crippen LogP contribution in [0.2, 0.25) is 0 Å². The molecule has 2 heterocycles. The Morgan fingerprint density at radius 3 is 2.41 bits per heavy atom. The molecule has 1 aromatic carbocycles. The van der Waals surface area contributed by atoms with Gasteiger partial charge in [0, 0.05) is 21.5 Å². The van der Waals surface area contributed by atoms with E-state index in [1.165, 1.54) is 29.1 Å². The van der Waals surface area contributed by atoms with Crippen LogP contribution in [0.25, 0.3) is 10.2 Å². The van der Waals surface area contributed by atoms with Gasteiger partial charge in [-0.25, -0.2) is 9.97 Å². The highest BCUT2D eigenvalue weighted by atomic mass is 32.2. The molecule has 2 aromatic heterocycles. The first-order chi connectivity index (χ1) is 12.8. The van der Waals surface area contributed by atoms with Gasteiger partial charge in [0.05, 0.1) is 5.25 Å². The zero-order chi connectivity index (χ0) is 19.7. The number of hydrogen-bond acceptors (Lipinski definition) is 6. The number of aromatic nitrogens is 2. The second kappa shape index (κ2) is 7.78. The first-order valence-electron chi connectivity index (χ1n) is 8.59. The van der Waals surface area contributed by atoms with E-state index < -0.39 is 0 Å². The summed E-state index contributed by atoms with van der Waals surface area (Å²) in [4.78, 5) is 35.2. The summed E-state index contributed by atoms with van der Waals surface area (Å²) in [5, 5.41) is 4.46. The Bertz CT molecular complexity index is 1030. The number of aryl methyl sites for hydroxylation is 3. The molecule has 0 aliphatic rings. The lowest BCUT2D eigenvalue weighted by molar-refractivity contribution is -0.115. The van der Waals surface area contributed by atoms with Crippen LogP contribution < -0.4 is 5.32 Å². The molecule has 0 radical (unpaired) electrons. The van der Waals surface area contributed by atoms with E-state index >= 15 is 0 Å². The lowest BCUT2D eigenvalue weighted by Gasteiger charge is -2.13. The van der Waals surface area contributed by atoms with Gasteiger partial charge in [-0.3, -0.25) is 9.59 Å². The Balaban J connectivity index is 1.78. The normalized spacial score (nSPS) is 12.2. The van der Waals surface area contributed by atoms with Crippen molar-refractivity contribution in [2.75, 3.05) is 5.32 Å². The molecule has 0 fully saturated rings. The monoisotopic (exact) mass is 399 g/mol. The van der Waals surface area contributed by atoms with Gasteiger partial charge in [-0.15, -0.1) is 11.3 Å². The van der Waals surface area contributed by atoms with Crippen molar-refractivity contribution in [3.63, 3.8) is 0 Å². The summed E-state index contributed by atoms with van der Waals surface area (Å²) in [5.41, 5.74) is 2.46. The smallest absolute Gasteiger partial charge is 0.237 e. The van der Waals surface area contributed by atoms with Gasteiger partial charge in [-0.05, 0) is 64.4 Å². The quantitative estimate of drug-likeness (QED) is 0.374. The largest absolute Gasteiger partial charge is 0.325 e. The van der Waals surface area contributed by atoms with Crippen molar-refractivity contribution in [1.29, 1.82) is 0 Å². The number of carbonyl (C=O) groups excluding carboxylic acids is 2. The predicted octanol–water partition coefficient (Wildman–Crippen LogP) is 4.94. The third kappa shape index (κ3) is 4.20. The van der Waals surface area contributed by atoms with Crippen LogP contribution in [0.15, 0.2) is 29.3 Å². The molecule has 5 nitrogen and oxygen atoms in total. The topological polar surface area (TPSA) is 72.0 Å². The molecule has 27 heavy (non-hydrogen) atoms. The van der Waals surface area contributed by atoms with E-state index in [1.807, 2.05) is 13.8 Å². The molecule has 140 valence electrons. The second-order valence-corrected chi connectivity index (χ2v) is 8.95. The number of carbonyl (C=O) groups is 2. The van der Waals surface area contributed by atoms with Gasteiger partial charge in [0.15, 0.2) is 5.78 Å². The van der Waals surface area contributed by atoms with Crippen molar-refractivity contribution in [3.8, 4) is 0 Å². The zero-order valence-electron chi connectivity index (χ0n) is 15.9. The molecule has 3 aromatic rings. The second-order valence-electron chi connectivity index (χ2n) is 6.42. The summed E-state index contributed by atoms with van der Waals surface area (Å²) in [5.74, 6) is 0.602. The fourth-order valence-corrected chi connectivity index (χ4v) is 4.85. The molecule has 7 heteroatoms. The zero-order valence-corrected chi connectivity index (χ0v) is 17.5. The molecule has 0 saturated carbocycles. The van der Waals surface area contributed by atoms with E-state index in [2.05, 4.69) is 29.1 Å². The van der Waals surface area contributed by atoms with Gasteiger partial charge in [0.1, 0.15) is 15.7 Å². The first kappa shape index (κ1) is 19.5. The molecule has 3 rings (SSSR count). The molecule has 0 unspecified atom stereocenters. The van der Waals surface area contributed by atoms with Gasteiger partial charge < -0.3 is 5.32 Å². The van der Waals surface area contributed by atoms with Gasteiger partial charge in [0.25, 0.3) is 0 Å². The maximum absolute atomic E-state index is 12.6. The van der Waals surface area contributed by atoms with Crippen molar-refractivity contribution < 1.29 is 9.59 Å². The molecule has 0 spiro atoms. The Hall–Kier alpha value is -2.25. The van der Waals surface area contributed by atoms with E-state index in [-0.39, 0.29) is 16.9 Å². The maximum atomic E-state index is 12.6. The number of thiophene rings is 1. The van der Waals surface area contributed by atoms with E-state index in [4.69, 9.17) is 0 Å². The summed E-state index contributed by atoms with van der Waals surface area (Å²) in [7, 11) is 0. The van der Waals surface area contributed by atoms with Crippen molar-refractivity contribution in [3.05, 3.63) is 46.1 Å². The minimum atomic E-state index is -0.324. The number of rotatable bonds is 5. The van der Waals surface area contributed by atoms with Crippen LogP contribution in [0.4, 0.5) is 5.69 Å². The Kier molecular flexibility index (Phi) is 5.62. The van der Waals surface area contributed by atoms with Crippen molar-refractivity contribution >= 4 is 50.7 Å². The molecule has 0 saturated heterocycles. The van der Waals surface area contributed by atoms with Crippen LogP contribution in [0, 0.1) is 20.8 Å². The highest BCUT2D eigenvalue weighted by Crippen LogP contribution is 2.36. The van der Waals surface area contributed by atoms with Crippen molar-refractivity contribution in [1.82, 2.24) is 9.97 Å². The van der Waals surface area contributed by atoms with Crippen LogP contribution in [0.5, 0.6) is 0 Å². The van der Waals surface area contributed by atoms with Crippen LogP contribution in [0.3, 0.4) is 0 Å². The van der Waals surface area contributed by atoms with Crippen LogP contribution in [-0.2, 0) is 4.79 Å². The first-order valence-corrected chi connectivity index (χ1v) is 10.3. The van der Waals surface area contributed by atoms with E-state index in [0.29, 0.717) is 17.1 Å². The lowest BCUT2D eigenvalue weighted by atomic mass is 10.1. The standard InChI is InChI=1S/C20H21N3O2S2/c1-10-12(3)26-19-17(10)20(22-14(5)21-19)27-13(4)18(25)23-16-8-6-15(7-9-16)11(2)24/h6-9,13H,1-5H3,(H,23,25)/t13-/m0/s1. The molecule has 1 atom stereocenters. The van der Waals surface area contributed by atoms with Crippen LogP contribution in [0.1, 0.15) is 40.5 Å². The van der Waals surface area contributed by atoms with Gasteiger partial charge >= 0.3 is 0 Å². The fourth-order valence-electron chi connectivity index (χ4n) is 2.65. The number of hydrogen-bond donors (Lipinski definition) is 1. The van der Waals surface area contributed by atoms with E-state index in [0.717, 1.165) is 15.2 Å². The number of nitrogens with zero attached hydrogens (tertiary/aromatic N) is 2. The van der Waals surface area contributed by atoms with Crippen molar-refractivity contribution in [2.24, 2.45) is 0 Å². The number of benzene rings is 1. The maximum Gasteiger partial charge on any atom is 0.237 e. The van der Waals surface area contributed by atoms with Crippen LogP contribution in [-0.4, -0.2) is 26.9 Å². The Morgan fingerprint density at radius 1 is 1.11 bits per heavy atom. The minimum absolute atomic E-state index is 0.00127. The van der Waals surface area contributed by atoms with Gasteiger partial charge in [0.2, 0.25) is 5.91 Å². The van der Waals surface area contributed by atoms with E-state index in [9.17, 15) is 9.59 Å². The average molecular weight is 400 g/mol. The number of fused-ring (bicyclic) bond motifs is 1. The van der Waals surface area contributed by atoms with Gasteiger partial charge in [-0.1, -0.05) is 11.8 Å². The van der Waals surface area contributed by atoms with Crippen LogP contribution >= 0.6 is 23.1 Å². The number of amides is 1. The Morgan fingerprint density at radius 2 is 1.78 bits per heavy atom. The lowest BCUT2D eigenvalue weighted by Crippen LogP contribution is -2.22. The molecule has 0 aliphatic carbocycles. The molecule has 1 amide bonds. The van der Waals surface area contributed by atoms with Gasteiger partial charge in [-0.2, -0.15) is 0 Å². The minimum Gasteiger partial charge on any atom is -0.325 e. The summed E-state index contributed by atoms with van der Waals surface area (Å²) in [6, 6.07) is 6.91. The summed E-state index contributed by atoms with van der Waals surface area (Å²) < 4.78 is 0. The summed E-state index contributed by atoms with van der Waals surface area (Å²) in [6.45, 7) is 9.40. The average Bonchev–Trinajstić information content (AvgIpc) is 2.89. The molecular formula is C20H21N3O2S2. The molecule has 1 N–H and O–H groups in total. The number of Topliss-reactive ketones (excluding diaryl/α,β-unsaturated/α-hetero) is 1. The van der Waals surface area contributed by atoms with Crippen molar-refractivity contribution in [2.45, 2.75) is 44.9 Å². The number of thioether (sulfide) groups is 1. The number of anilines is 1. The Labute approximate surface area is 166 Å². The molecule has 0 aliphatic heterocycles. The highest BCUT2D eigenvalue weighted by molar-refractivity contribution is 8.00. The van der Waals surface area contributed by atoms with E-state index in [1.54, 1.807) is 35.6 Å². The fraction of sp³-hybridized carbons (Fsp3) is 0.300. The molecular weight excluding hydrogens is 378 g/mol. The SMILES string of the molecule is CC(=O)c1ccc(NC(=O)[C@H](C)Sc2nc(C)nc3sc(C)c(C)c23)cc1. The predicted molar refractivity (Wildman–Crippen MR) is 112 cm³/mol. The third-order valence-electron chi connectivity index (χ3n) is 4.32. The highest BCUT2D eigenvalue weighted by Gasteiger charge is 2.20. The number of nitrogens with one attached hydrogen (secondary N) is 1. The third-order valence-corrected chi connectivity index (χ3v) is 6.51. The number of ketones is 1. The summed E-state index contributed by atoms with van der Waals surface area (Å²) >= 11 is 3.10. The summed E-state index contributed by atoms with van der Waals surface area (Å²) in [6.07, 6.45) is 0.